The van der Waals surface area contributed by atoms with Crippen molar-refractivity contribution in [1.82, 2.24) is 0 Å². The first-order valence-electron chi connectivity index (χ1n) is 12.6. The highest BCUT2D eigenvalue weighted by atomic mass is 16.6. The van der Waals surface area contributed by atoms with Crippen molar-refractivity contribution in [2.24, 2.45) is 5.73 Å². The van der Waals surface area contributed by atoms with Crippen molar-refractivity contribution in [3.63, 3.8) is 0 Å². The zero-order chi connectivity index (χ0) is 31.1. The lowest BCUT2D eigenvalue weighted by atomic mass is 10.0. The molecule has 0 aliphatic carbocycles. The molecular weight excluding hydrogens is 516 g/mol. The molecule has 0 aromatic heterocycles. The second kappa shape index (κ2) is 16.2. The summed E-state index contributed by atoms with van der Waals surface area (Å²) in [4.78, 5) is 47.0. The summed E-state index contributed by atoms with van der Waals surface area (Å²) in [5.74, 6) is 7.25. The quantitative estimate of drug-likeness (QED) is 0.152. The number of ketones is 1. The summed E-state index contributed by atoms with van der Waals surface area (Å²) in [7, 11) is 0. The third kappa shape index (κ3) is 19.1. The second-order valence-electron chi connectivity index (χ2n) is 11.4. The minimum Gasteiger partial charge on any atom is -0.460 e. The number of rotatable bonds is 7. The molecule has 40 heavy (non-hydrogen) atoms. The third-order valence-corrected chi connectivity index (χ3v) is 3.93. The number of carbonyl (C=O) groups is 4. The molecule has 0 saturated carbocycles. The maximum Gasteiger partial charge on any atom is 0.412 e. The number of Topliss-reactive ketones (excluding diaryl/α,β-unsaturated/α-hetero) is 1. The fourth-order valence-corrected chi connectivity index (χ4v) is 2.73. The number of anilines is 1. The van der Waals surface area contributed by atoms with Crippen LogP contribution >= 0.6 is 0 Å². The van der Waals surface area contributed by atoms with E-state index in [1.807, 2.05) is 0 Å². The van der Waals surface area contributed by atoms with E-state index in [4.69, 9.17) is 26.4 Å². The van der Waals surface area contributed by atoms with Crippen molar-refractivity contribution in [3.05, 3.63) is 29.3 Å². The van der Waals surface area contributed by atoms with Gasteiger partial charge >= 0.3 is 18.2 Å². The highest BCUT2D eigenvalue weighted by molar-refractivity contribution is 6.05. The Labute approximate surface area is 237 Å². The van der Waals surface area contributed by atoms with Crippen LogP contribution in [0, 0.1) is 24.2 Å². The Bertz CT molecular complexity index is 1130. The fraction of sp³-hybridized carbons (Fsp3) is 0.533. The lowest BCUT2D eigenvalue weighted by Gasteiger charge is -2.21. The van der Waals surface area contributed by atoms with Gasteiger partial charge < -0.3 is 24.7 Å². The van der Waals surface area contributed by atoms with Crippen LogP contribution in [0.2, 0.25) is 0 Å². The van der Waals surface area contributed by atoms with E-state index >= 15 is 0 Å². The maximum absolute atomic E-state index is 12.8. The van der Waals surface area contributed by atoms with Crippen LogP contribution in [0.1, 0.15) is 91.1 Å². The number of hydrogen-bond donors (Lipinski definition) is 2. The molecule has 0 heterocycles. The molecule has 0 atom stereocenters. The Morgan fingerprint density at radius 3 is 1.90 bits per heavy atom. The van der Waals surface area contributed by atoms with Crippen LogP contribution in [-0.2, 0) is 23.7 Å². The smallest absolute Gasteiger partial charge is 0.412 e. The predicted molar refractivity (Wildman–Crippen MR) is 153 cm³/mol. The van der Waals surface area contributed by atoms with Crippen molar-refractivity contribution in [2.75, 3.05) is 18.5 Å². The Hall–Kier alpha value is -4.02. The predicted octanol–water partition coefficient (Wildman–Crippen LogP) is 5.22. The Balaban J connectivity index is 0.00000165. The average molecular weight is 559 g/mol. The van der Waals surface area contributed by atoms with E-state index in [0.29, 0.717) is 5.56 Å². The van der Waals surface area contributed by atoms with E-state index in [1.165, 1.54) is 0 Å². The zero-order valence-corrected chi connectivity index (χ0v) is 25.0. The number of nitrogens with two attached hydrogens (primary N) is 1. The highest BCUT2D eigenvalue weighted by Crippen LogP contribution is 2.22. The van der Waals surface area contributed by atoms with Gasteiger partial charge in [0, 0.05) is 17.5 Å². The molecule has 0 spiro atoms. The van der Waals surface area contributed by atoms with Gasteiger partial charge in [0.25, 0.3) is 0 Å². The SMILES string of the molecule is C#CCOCC#Cc1ccc(C(=O)CCC(=O)OC(C)(C)C)c(NC(=O)OC(C)(C)C)c1.CC(C)(C)OC(N)=O. The van der Waals surface area contributed by atoms with Crippen molar-refractivity contribution in [1.29, 1.82) is 0 Å². The maximum atomic E-state index is 12.8. The van der Waals surface area contributed by atoms with Gasteiger partial charge in [0.05, 0.1) is 12.1 Å². The fourth-order valence-electron chi connectivity index (χ4n) is 2.73. The monoisotopic (exact) mass is 558 g/mol. The van der Waals surface area contributed by atoms with Crippen molar-refractivity contribution < 1.29 is 38.1 Å². The molecule has 10 nitrogen and oxygen atoms in total. The molecule has 3 N–H and O–H groups in total. The molecule has 220 valence electrons. The lowest BCUT2D eigenvalue weighted by molar-refractivity contribution is -0.154. The van der Waals surface area contributed by atoms with Gasteiger partial charge in [-0.1, -0.05) is 17.8 Å². The molecule has 1 rings (SSSR count). The number of benzene rings is 1. The van der Waals surface area contributed by atoms with Crippen molar-refractivity contribution in [3.8, 4) is 24.2 Å². The first kappa shape index (κ1) is 36.0. The van der Waals surface area contributed by atoms with Gasteiger partial charge in [0.2, 0.25) is 0 Å². The van der Waals surface area contributed by atoms with E-state index in [1.54, 1.807) is 80.5 Å². The van der Waals surface area contributed by atoms with Crippen LogP contribution in [-0.4, -0.2) is 54.0 Å². The highest BCUT2D eigenvalue weighted by Gasteiger charge is 2.21. The summed E-state index contributed by atoms with van der Waals surface area (Å²) < 4.78 is 20.2. The van der Waals surface area contributed by atoms with Gasteiger partial charge in [-0.15, -0.1) is 6.42 Å². The normalized spacial score (nSPS) is 10.9. The minimum absolute atomic E-state index is 0.0666. The van der Waals surface area contributed by atoms with Crippen LogP contribution < -0.4 is 11.1 Å². The molecule has 10 heteroatoms. The van der Waals surface area contributed by atoms with Gasteiger partial charge in [-0.25, -0.2) is 9.59 Å². The van der Waals surface area contributed by atoms with Gasteiger partial charge in [-0.3, -0.25) is 14.9 Å². The molecule has 0 bridgehead atoms. The van der Waals surface area contributed by atoms with Crippen LogP contribution in [0.3, 0.4) is 0 Å². The lowest BCUT2D eigenvalue weighted by Crippen LogP contribution is -2.28. The topological polar surface area (TPSA) is 143 Å². The van der Waals surface area contributed by atoms with Crippen LogP contribution in [0.5, 0.6) is 0 Å². The van der Waals surface area contributed by atoms with E-state index in [-0.39, 0.29) is 43.1 Å². The minimum atomic E-state index is -0.725. The Morgan fingerprint density at radius 1 is 0.850 bits per heavy atom. The number of nitrogens with one attached hydrogen (secondary N) is 1. The molecule has 2 amide bonds. The Morgan fingerprint density at radius 2 is 1.43 bits per heavy atom. The van der Waals surface area contributed by atoms with Crippen molar-refractivity contribution >= 4 is 29.6 Å². The molecule has 0 fully saturated rings. The van der Waals surface area contributed by atoms with Crippen LogP contribution in [0.4, 0.5) is 15.3 Å². The molecular formula is C30H42N2O8. The van der Waals surface area contributed by atoms with Crippen LogP contribution in [0.25, 0.3) is 0 Å². The molecule has 1 aromatic rings. The largest absolute Gasteiger partial charge is 0.460 e. The van der Waals surface area contributed by atoms with Gasteiger partial charge in [0.1, 0.15) is 30.0 Å². The number of carbonyl (C=O) groups excluding carboxylic acids is 4. The summed E-state index contributed by atoms with van der Waals surface area (Å²) >= 11 is 0. The zero-order valence-electron chi connectivity index (χ0n) is 25.0. The van der Waals surface area contributed by atoms with Gasteiger partial charge in [0.15, 0.2) is 5.78 Å². The van der Waals surface area contributed by atoms with E-state index in [0.717, 1.165) is 0 Å². The number of amides is 2. The van der Waals surface area contributed by atoms with Crippen molar-refractivity contribution in [2.45, 2.75) is 92.0 Å². The Kier molecular flexibility index (Phi) is 14.5. The van der Waals surface area contributed by atoms with Crippen LogP contribution in [0.15, 0.2) is 18.2 Å². The summed E-state index contributed by atoms with van der Waals surface area (Å²) in [5.41, 5.74) is 3.97. The molecule has 0 radical (unpaired) electrons. The van der Waals surface area contributed by atoms with Gasteiger partial charge in [-0.2, -0.15) is 0 Å². The van der Waals surface area contributed by atoms with Gasteiger partial charge in [-0.05, 0) is 80.5 Å². The number of terminal acetylenes is 1. The first-order chi connectivity index (χ1) is 18.2. The molecule has 0 aliphatic rings. The molecule has 0 saturated heterocycles. The van der Waals surface area contributed by atoms with E-state index < -0.39 is 35.0 Å². The average Bonchev–Trinajstić information content (AvgIpc) is 2.73. The molecule has 1 aromatic carbocycles. The number of hydrogen-bond acceptors (Lipinski definition) is 8. The summed E-state index contributed by atoms with van der Waals surface area (Å²) in [6.45, 7) is 16.1. The van der Waals surface area contributed by atoms with E-state index in [9.17, 15) is 19.2 Å². The third-order valence-electron chi connectivity index (χ3n) is 3.93. The number of ether oxygens (including phenoxy) is 4. The summed E-state index contributed by atoms with van der Waals surface area (Å²) in [6.07, 6.45) is 3.54. The first-order valence-corrected chi connectivity index (χ1v) is 12.6. The summed E-state index contributed by atoms with van der Waals surface area (Å²) in [5, 5.41) is 2.60. The second-order valence-corrected chi connectivity index (χ2v) is 11.4. The number of primary amides is 1. The number of esters is 1. The molecule has 0 aliphatic heterocycles. The van der Waals surface area contributed by atoms with E-state index in [2.05, 4.69) is 27.8 Å². The molecule has 0 unspecified atom stereocenters. The standard InChI is InChI=1S/C25H31NO6.C5H11NO2/c1-8-15-30-16-9-10-18-11-12-19(20(17-18)26-23(29)32-25(5,6)7)21(27)13-14-22(28)31-24(2,3)4;1-5(2,3)8-4(6)7/h1,11-12,17H,13-16H2,2-7H3,(H,26,29);1-3H3,(H2,6,7). The summed E-state index contributed by atoms with van der Waals surface area (Å²) in [6, 6.07) is 4.77.